The van der Waals surface area contributed by atoms with Crippen LogP contribution >= 0.6 is 0 Å². The van der Waals surface area contributed by atoms with Gasteiger partial charge in [-0.05, 0) is 31.5 Å². The summed E-state index contributed by atoms with van der Waals surface area (Å²) in [5, 5.41) is 16.5. The Labute approximate surface area is 138 Å². The van der Waals surface area contributed by atoms with E-state index in [9.17, 15) is 14.4 Å². The molecule has 0 saturated heterocycles. The Balaban J connectivity index is 2.18. The van der Waals surface area contributed by atoms with E-state index in [-0.39, 0.29) is 12.4 Å². The van der Waals surface area contributed by atoms with Gasteiger partial charge in [0.15, 0.2) is 0 Å². The predicted octanol–water partition coefficient (Wildman–Crippen LogP) is 2.75. The van der Waals surface area contributed by atoms with Crippen LogP contribution in [0.5, 0.6) is 0 Å². The van der Waals surface area contributed by atoms with Gasteiger partial charge >= 0.3 is 5.97 Å². The van der Waals surface area contributed by atoms with Crippen molar-refractivity contribution in [1.82, 2.24) is 9.78 Å². The minimum absolute atomic E-state index is 0.237. The van der Waals surface area contributed by atoms with E-state index in [1.165, 1.54) is 18.3 Å². The first-order valence-electron chi connectivity index (χ1n) is 7.44. The zero-order valence-corrected chi connectivity index (χ0v) is 13.2. The molecular weight excluding hydrogens is 311 g/mol. The number of nitriles is 1. The molecule has 0 radical (unpaired) electrons. The van der Waals surface area contributed by atoms with Crippen molar-refractivity contribution in [3.63, 3.8) is 0 Å². The molecule has 0 amide bonds. The summed E-state index contributed by atoms with van der Waals surface area (Å²) >= 11 is 0. The highest BCUT2D eigenvalue weighted by Crippen LogP contribution is 2.37. The molecule has 1 aliphatic rings. The number of nitrogens with one attached hydrogen (secondary N) is 1. The van der Waals surface area contributed by atoms with E-state index < -0.39 is 12.0 Å². The van der Waals surface area contributed by atoms with Crippen LogP contribution in [0, 0.1) is 17.1 Å². The molecule has 0 unspecified atom stereocenters. The van der Waals surface area contributed by atoms with Crippen LogP contribution in [0.15, 0.2) is 41.7 Å². The van der Waals surface area contributed by atoms with Gasteiger partial charge in [-0.1, -0.05) is 12.1 Å². The number of hydrogen-bond acceptors (Lipinski definition) is 5. The monoisotopic (exact) mass is 326 g/mol. The first-order valence-corrected chi connectivity index (χ1v) is 7.44. The average molecular weight is 326 g/mol. The normalized spacial score (nSPS) is 16.2. The minimum Gasteiger partial charge on any atom is -0.463 e. The molecule has 6 nitrogen and oxygen atoms in total. The predicted molar refractivity (Wildman–Crippen MR) is 84.4 cm³/mol. The lowest BCUT2D eigenvalue weighted by molar-refractivity contribution is -0.139. The standard InChI is InChI=1S/C17H15FN4O2/c1-3-24-17(23)14-10(2)21-16-12(8-19)9-20-22(16)15(14)11-4-6-13(18)7-5-11/h4-7,9,15,21H,3H2,1-2H3/t15-/m1/s1. The van der Waals surface area contributed by atoms with Crippen LogP contribution in [0.3, 0.4) is 0 Å². The lowest BCUT2D eigenvalue weighted by Crippen LogP contribution is -2.29. The van der Waals surface area contributed by atoms with Crippen LogP contribution in [-0.2, 0) is 9.53 Å². The van der Waals surface area contributed by atoms with E-state index in [1.807, 2.05) is 0 Å². The smallest absolute Gasteiger partial charge is 0.338 e. The molecule has 1 atom stereocenters. The van der Waals surface area contributed by atoms with Crippen molar-refractivity contribution in [3.05, 3.63) is 58.7 Å². The summed E-state index contributed by atoms with van der Waals surface area (Å²) in [6.07, 6.45) is 1.43. The number of nitrogens with zero attached hydrogens (tertiary/aromatic N) is 3. The molecule has 0 saturated carbocycles. The molecule has 1 aromatic heterocycles. The molecule has 1 aromatic carbocycles. The van der Waals surface area contributed by atoms with Gasteiger partial charge in [0.05, 0.1) is 18.4 Å². The van der Waals surface area contributed by atoms with Crippen molar-refractivity contribution in [2.75, 3.05) is 11.9 Å². The topological polar surface area (TPSA) is 79.9 Å². The summed E-state index contributed by atoms with van der Waals surface area (Å²) in [4.78, 5) is 12.4. The number of fused-ring (bicyclic) bond motifs is 1. The second kappa shape index (κ2) is 6.16. The van der Waals surface area contributed by atoms with E-state index in [0.29, 0.717) is 28.2 Å². The van der Waals surface area contributed by atoms with Gasteiger partial charge in [0.25, 0.3) is 0 Å². The number of aromatic nitrogens is 2. The SMILES string of the molecule is CCOC(=O)C1=C(C)Nc2c(C#N)cnn2[C@@H]1c1ccc(F)cc1. The third kappa shape index (κ3) is 2.52. The van der Waals surface area contributed by atoms with Gasteiger partial charge in [0.2, 0.25) is 0 Å². The molecule has 0 bridgehead atoms. The number of halogens is 1. The largest absolute Gasteiger partial charge is 0.463 e. The number of allylic oxidation sites excluding steroid dienone is 1. The Morgan fingerprint density at radius 3 is 2.79 bits per heavy atom. The molecular formula is C17H15FN4O2. The molecule has 24 heavy (non-hydrogen) atoms. The first-order chi connectivity index (χ1) is 11.6. The number of esters is 1. The van der Waals surface area contributed by atoms with Crippen LogP contribution in [0.25, 0.3) is 0 Å². The first kappa shape index (κ1) is 15.7. The highest BCUT2D eigenvalue weighted by atomic mass is 19.1. The fourth-order valence-corrected chi connectivity index (χ4v) is 2.76. The maximum atomic E-state index is 13.3. The summed E-state index contributed by atoms with van der Waals surface area (Å²) in [6.45, 7) is 3.70. The van der Waals surface area contributed by atoms with Crippen LogP contribution < -0.4 is 5.32 Å². The number of hydrogen-bond donors (Lipinski definition) is 1. The highest BCUT2D eigenvalue weighted by molar-refractivity contribution is 5.92. The molecule has 0 spiro atoms. The Bertz CT molecular complexity index is 862. The quantitative estimate of drug-likeness (QED) is 0.877. The molecule has 1 aliphatic heterocycles. The molecule has 2 aromatic rings. The van der Waals surface area contributed by atoms with Crippen molar-refractivity contribution in [2.24, 2.45) is 0 Å². The fraction of sp³-hybridized carbons (Fsp3) is 0.235. The lowest BCUT2D eigenvalue weighted by atomic mass is 9.95. The number of carbonyl (C=O) groups excluding carboxylic acids is 1. The summed E-state index contributed by atoms with van der Waals surface area (Å²) in [7, 11) is 0. The number of carbonyl (C=O) groups is 1. The summed E-state index contributed by atoms with van der Waals surface area (Å²) < 4.78 is 20.0. The van der Waals surface area contributed by atoms with E-state index >= 15 is 0 Å². The van der Waals surface area contributed by atoms with E-state index in [4.69, 9.17) is 4.74 Å². The average Bonchev–Trinajstić information content (AvgIpc) is 2.97. The minimum atomic E-state index is -0.594. The molecule has 3 rings (SSSR count). The van der Waals surface area contributed by atoms with Crippen molar-refractivity contribution in [2.45, 2.75) is 19.9 Å². The summed E-state index contributed by atoms with van der Waals surface area (Å²) in [5.74, 6) is -0.349. The molecule has 7 heteroatoms. The van der Waals surface area contributed by atoms with Crippen molar-refractivity contribution < 1.29 is 13.9 Å². The van der Waals surface area contributed by atoms with Gasteiger partial charge in [-0.15, -0.1) is 0 Å². The van der Waals surface area contributed by atoms with Gasteiger partial charge in [0.1, 0.15) is 29.3 Å². The van der Waals surface area contributed by atoms with Crippen molar-refractivity contribution in [3.8, 4) is 6.07 Å². The van der Waals surface area contributed by atoms with Gasteiger partial charge in [-0.3, -0.25) is 0 Å². The van der Waals surface area contributed by atoms with Crippen LogP contribution in [0.2, 0.25) is 0 Å². The third-order valence-corrected chi connectivity index (χ3v) is 3.82. The molecule has 1 N–H and O–H groups in total. The Morgan fingerprint density at radius 2 is 2.17 bits per heavy atom. The second-order valence-corrected chi connectivity index (χ2v) is 5.30. The Hall–Kier alpha value is -3.14. The maximum Gasteiger partial charge on any atom is 0.338 e. The van der Waals surface area contributed by atoms with E-state index in [1.54, 1.807) is 30.7 Å². The molecule has 122 valence electrons. The summed E-state index contributed by atoms with van der Waals surface area (Å²) in [6, 6.07) is 7.30. The Morgan fingerprint density at radius 1 is 1.46 bits per heavy atom. The number of ether oxygens (including phenoxy) is 1. The van der Waals surface area contributed by atoms with E-state index in [2.05, 4.69) is 16.5 Å². The summed E-state index contributed by atoms with van der Waals surface area (Å²) in [5.41, 5.74) is 1.99. The number of rotatable bonds is 3. The third-order valence-electron chi connectivity index (χ3n) is 3.82. The number of benzene rings is 1. The molecule has 0 fully saturated rings. The van der Waals surface area contributed by atoms with Crippen LogP contribution in [-0.4, -0.2) is 22.4 Å². The van der Waals surface area contributed by atoms with Crippen LogP contribution in [0.1, 0.15) is 31.0 Å². The molecule has 0 aliphatic carbocycles. The Kier molecular flexibility index (Phi) is 4.04. The zero-order valence-electron chi connectivity index (χ0n) is 13.2. The zero-order chi connectivity index (χ0) is 17.3. The second-order valence-electron chi connectivity index (χ2n) is 5.30. The van der Waals surface area contributed by atoms with Crippen LogP contribution in [0.4, 0.5) is 10.2 Å². The van der Waals surface area contributed by atoms with Gasteiger partial charge in [-0.25, -0.2) is 13.9 Å². The fourth-order valence-electron chi connectivity index (χ4n) is 2.76. The number of anilines is 1. The van der Waals surface area contributed by atoms with Crippen molar-refractivity contribution in [1.29, 1.82) is 5.26 Å². The van der Waals surface area contributed by atoms with E-state index in [0.717, 1.165) is 0 Å². The maximum absolute atomic E-state index is 13.3. The highest BCUT2D eigenvalue weighted by Gasteiger charge is 2.34. The van der Waals surface area contributed by atoms with Gasteiger partial charge in [-0.2, -0.15) is 10.4 Å². The molecule has 2 heterocycles. The van der Waals surface area contributed by atoms with Crippen molar-refractivity contribution >= 4 is 11.8 Å². The lowest BCUT2D eigenvalue weighted by Gasteiger charge is -2.29. The van der Waals surface area contributed by atoms with Gasteiger partial charge < -0.3 is 10.1 Å². The van der Waals surface area contributed by atoms with Gasteiger partial charge in [0, 0.05) is 5.70 Å².